The summed E-state index contributed by atoms with van der Waals surface area (Å²) < 4.78 is 0. The van der Waals surface area contributed by atoms with Crippen LogP contribution in [0.3, 0.4) is 0 Å². The van der Waals surface area contributed by atoms with Crippen molar-refractivity contribution in [3.8, 4) is 11.3 Å². The van der Waals surface area contributed by atoms with E-state index in [4.69, 9.17) is 11.6 Å². The number of halogens is 1. The van der Waals surface area contributed by atoms with E-state index in [2.05, 4.69) is 15.3 Å². The maximum Gasteiger partial charge on any atom is 0.231 e. The average molecular weight is 306 g/mol. The molecule has 0 aliphatic carbocycles. The lowest BCUT2D eigenvalue weighted by molar-refractivity contribution is -0.118. The zero-order chi connectivity index (χ0) is 14.1. The Labute approximate surface area is 126 Å². The average Bonchev–Trinajstić information content (AvgIpc) is 2.86. The van der Waals surface area contributed by atoms with E-state index in [0.29, 0.717) is 10.8 Å². The molecule has 3 rings (SSSR count). The highest BCUT2D eigenvalue weighted by Gasteiger charge is 2.27. The highest BCUT2D eigenvalue weighted by molar-refractivity contribution is 8.00. The molecule has 1 unspecified atom stereocenters. The predicted molar refractivity (Wildman–Crippen MR) is 80.6 cm³/mol. The highest BCUT2D eigenvalue weighted by atomic mass is 35.5. The van der Waals surface area contributed by atoms with Gasteiger partial charge in [-0.2, -0.15) is 0 Å². The van der Waals surface area contributed by atoms with Gasteiger partial charge in [0.2, 0.25) is 5.91 Å². The van der Waals surface area contributed by atoms with Crippen LogP contribution in [0.1, 0.15) is 16.8 Å². The molecule has 1 fully saturated rings. The van der Waals surface area contributed by atoms with Gasteiger partial charge in [-0.25, -0.2) is 0 Å². The van der Waals surface area contributed by atoms with E-state index >= 15 is 0 Å². The molecule has 2 heterocycles. The quantitative estimate of drug-likeness (QED) is 0.927. The summed E-state index contributed by atoms with van der Waals surface area (Å²) in [6.45, 7) is 1.89. The maximum atomic E-state index is 11.4. The lowest BCUT2D eigenvalue weighted by atomic mass is 10.1. The van der Waals surface area contributed by atoms with Gasteiger partial charge in [0.1, 0.15) is 5.37 Å². The molecule has 0 saturated carbocycles. The predicted octanol–water partition coefficient (Wildman–Crippen LogP) is 2.97. The van der Waals surface area contributed by atoms with Crippen molar-refractivity contribution in [2.75, 3.05) is 5.75 Å². The Morgan fingerprint density at radius 2 is 2.10 bits per heavy atom. The van der Waals surface area contributed by atoms with Gasteiger partial charge < -0.3 is 5.32 Å². The van der Waals surface area contributed by atoms with Gasteiger partial charge in [0.15, 0.2) is 0 Å². The first-order valence-electron chi connectivity index (χ1n) is 6.14. The van der Waals surface area contributed by atoms with E-state index in [-0.39, 0.29) is 11.3 Å². The highest BCUT2D eigenvalue weighted by Crippen LogP contribution is 2.34. The summed E-state index contributed by atoms with van der Waals surface area (Å²) in [5.74, 6) is 0.491. The number of hydrogen-bond donors (Lipinski definition) is 1. The first-order valence-corrected chi connectivity index (χ1v) is 7.56. The van der Waals surface area contributed by atoms with Crippen molar-refractivity contribution in [1.82, 2.24) is 15.3 Å². The standard InChI is InChI=1S/C14H12ClN3OS/c1-8-6-16-12(9-2-4-10(15)5-3-9)13(17-8)14-18-11(19)7-20-14/h2-6,14H,7H2,1H3,(H,18,19). The molecule has 0 spiro atoms. The van der Waals surface area contributed by atoms with E-state index in [9.17, 15) is 4.79 Å². The van der Waals surface area contributed by atoms with E-state index in [1.807, 2.05) is 31.2 Å². The molecule has 1 aliphatic rings. The Balaban J connectivity index is 2.06. The van der Waals surface area contributed by atoms with E-state index < -0.39 is 0 Å². The molecule has 6 heteroatoms. The molecule has 1 aromatic heterocycles. The number of carbonyl (C=O) groups excluding carboxylic acids is 1. The molecular weight excluding hydrogens is 294 g/mol. The van der Waals surface area contributed by atoms with Crippen molar-refractivity contribution >= 4 is 29.3 Å². The second-order valence-electron chi connectivity index (χ2n) is 4.51. The molecule has 0 bridgehead atoms. The zero-order valence-electron chi connectivity index (χ0n) is 10.8. The Bertz CT molecular complexity index is 660. The second-order valence-corrected chi connectivity index (χ2v) is 6.04. The maximum absolute atomic E-state index is 11.4. The van der Waals surface area contributed by atoms with Crippen molar-refractivity contribution in [1.29, 1.82) is 0 Å². The van der Waals surface area contributed by atoms with Gasteiger partial charge in [-0.15, -0.1) is 11.8 Å². The molecule has 1 aromatic carbocycles. The Morgan fingerprint density at radius 3 is 2.75 bits per heavy atom. The number of aryl methyl sites for hydroxylation is 1. The van der Waals surface area contributed by atoms with Crippen molar-refractivity contribution in [3.05, 3.63) is 46.9 Å². The van der Waals surface area contributed by atoms with E-state index in [0.717, 1.165) is 22.6 Å². The summed E-state index contributed by atoms with van der Waals surface area (Å²) >= 11 is 7.45. The van der Waals surface area contributed by atoms with Crippen LogP contribution < -0.4 is 5.32 Å². The number of benzene rings is 1. The zero-order valence-corrected chi connectivity index (χ0v) is 12.3. The number of rotatable bonds is 2. The summed E-state index contributed by atoms with van der Waals surface area (Å²) in [5, 5.41) is 3.46. The fourth-order valence-corrected chi connectivity index (χ4v) is 3.11. The lowest BCUT2D eigenvalue weighted by Crippen LogP contribution is -2.20. The van der Waals surface area contributed by atoms with Gasteiger partial charge in [-0.3, -0.25) is 14.8 Å². The first kappa shape index (κ1) is 13.4. The number of carbonyl (C=O) groups is 1. The van der Waals surface area contributed by atoms with Crippen LogP contribution in [0.4, 0.5) is 0 Å². The van der Waals surface area contributed by atoms with Gasteiger partial charge >= 0.3 is 0 Å². The molecule has 1 atom stereocenters. The number of nitrogens with one attached hydrogen (secondary N) is 1. The Morgan fingerprint density at radius 1 is 1.35 bits per heavy atom. The molecule has 1 aliphatic heterocycles. The van der Waals surface area contributed by atoms with Crippen LogP contribution in [0.15, 0.2) is 30.5 Å². The van der Waals surface area contributed by atoms with Crippen molar-refractivity contribution < 1.29 is 4.79 Å². The third-order valence-electron chi connectivity index (χ3n) is 2.96. The van der Waals surface area contributed by atoms with Gasteiger partial charge in [-0.05, 0) is 19.1 Å². The van der Waals surface area contributed by atoms with Gasteiger partial charge in [-0.1, -0.05) is 23.7 Å². The number of thioether (sulfide) groups is 1. The summed E-state index contributed by atoms with van der Waals surface area (Å²) in [5.41, 5.74) is 3.35. The fourth-order valence-electron chi connectivity index (χ4n) is 2.04. The number of aromatic nitrogens is 2. The van der Waals surface area contributed by atoms with Gasteiger partial charge in [0.25, 0.3) is 0 Å². The minimum atomic E-state index is -0.138. The normalized spacial score (nSPS) is 18.1. The van der Waals surface area contributed by atoms with Gasteiger partial charge in [0, 0.05) is 16.8 Å². The van der Waals surface area contributed by atoms with Crippen molar-refractivity contribution in [2.24, 2.45) is 0 Å². The Kier molecular flexibility index (Phi) is 3.63. The third kappa shape index (κ3) is 2.64. The van der Waals surface area contributed by atoms with Crippen LogP contribution in [0, 0.1) is 6.92 Å². The molecular formula is C14H12ClN3OS. The summed E-state index contributed by atoms with van der Waals surface area (Å²) in [6, 6.07) is 7.46. The lowest BCUT2D eigenvalue weighted by Gasteiger charge is -2.14. The topological polar surface area (TPSA) is 54.9 Å². The van der Waals surface area contributed by atoms with Crippen LogP contribution in [0.25, 0.3) is 11.3 Å². The Hall–Kier alpha value is -1.59. The van der Waals surface area contributed by atoms with E-state index in [1.54, 1.807) is 6.20 Å². The summed E-state index contributed by atoms with van der Waals surface area (Å²) in [4.78, 5) is 20.4. The minimum absolute atomic E-state index is 0.0327. The van der Waals surface area contributed by atoms with Crippen LogP contribution in [-0.2, 0) is 4.79 Å². The molecule has 102 valence electrons. The van der Waals surface area contributed by atoms with Crippen molar-refractivity contribution in [3.63, 3.8) is 0 Å². The monoisotopic (exact) mass is 305 g/mol. The smallest absolute Gasteiger partial charge is 0.231 e. The SMILES string of the molecule is Cc1cnc(-c2ccc(Cl)cc2)c(C2NC(=O)CS2)n1. The third-order valence-corrected chi connectivity index (χ3v) is 4.31. The molecule has 20 heavy (non-hydrogen) atoms. The summed E-state index contributed by atoms with van der Waals surface area (Å²) in [6.07, 6.45) is 1.73. The number of nitrogens with zero attached hydrogens (tertiary/aromatic N) is 2. The van der Waals surface area contributed by atoms with Crippen molar-refractivity contribution in [2.45, 2.75) is 12.3 Å². The van der Waals surface area contributed by atoms with E-state index in [1.165, 1.54) is 11.8 Å². The molecule has 0 radical (unpaired) electrons. The molecule has 2 aromatic rings. The van der Waals surface area contributed by atoms with Crippen LogP contribution in [0.2, 0.25) is 5.02 Å². The fraction of sp³-hybridized carbons (Fsp3) is 0.214. The molecule has 4 nitrogen and oxygen atoms in total. The summed E-state index contributed by atoms with van der Waals surface area (Å²) in [7, 11) is 0. The van der Waals surface area contributed by atoms with Crippen LogP contribution >= 0.6 is 23.4 Å². The molecule has 1 N–H and O–H groups in total. The second kappa shape index (κ2) is 5.42. The van der Waals surface area contributed by atoms with Gasteiger partial charge in [0.05, 0.1) is 22.8 Å². The molecule has 1 amide bonds. The first-order chi connectivity index (χ1) is 9.63. The number of hydrogen-bond acceptors (Lipinski definition) is 4. The number of amides is 1. The minimum Gasteiger partial charge on any atom is -0.338 e. The molecule has 1 saturated heterocycles. The largest absolute Gasteiger partial charge is 0.338 e. The van der Waals surface area contributed by atoms with Crippen LogP contribution in [0.5, 0.6) is 0 Å². The van der Waals surface area contributed by atoms with Crippen LogP contribution in [-0.4, -0.2) is 21.6 Å².